The van der Waals surface area contributed by atoms with Crippen LogP contribution >= 0.6 is 27.7 Å². The average Bonchev–Trinajstić information content (AvgIpc) is 3.08. The predicted molar refractivity (Wildman–Crippen MR) is 107 cm³/mol. The number of benzene rings is 2. The van der Waals surface area contributed by atoms with E-state index in [1.165, 1.54) is 11.8 Å². The molecule has 27 heavy (non-hydrogen) atoms. The molecule has 0 unspecified atom stereocenters. The van der Waals surface area contributed by atoms with E-state index in [1.807, 2.05) is 31.2 Å². The highest BCUT2D eigenvalue weighted by Gasteiger charge is 2.15. The predicted octanol–water partition coefficient (Wildman–Crippen LogP) is 4.29. The third kappa shape index (κ3) is 5.82. The van der Waals surface area contributed by atoms with Gasteiger partial charge >= 0.3 is 0 Å². The zero-order valence-corrected chi connectivity index (χ0v) is 17.7. The molecular weight excluding hydrogens is 452 g/mol. The fourth-order valence-electron chi connectivity index (χ4n) is 2.20. The number of thioether (sulfide) groups is 1. The monoisotopic (exact) mass is 468 g/mol. The van der Waals surface area contributed by atoms with E-state index in [2.05, 4.69) is 26.1 Å². The van der Waals surface area contributed by atoms with Gasteiger partial charge in [-0.15, -0.1) is 10.2 Å². The molecule has 0 spiro atoms. The van der Waals surface area contributed by atoms with Crippen molar-refractivity contribution in [3.05, 3.63) is 64.5 Å². The van der Waals surface area contributed by atoms with Gasteiger partial charge in [-0.3, -0.25) is 0 Å². The summed E-state index contributed by atoms with van der Waals surface area (Å²) in [6, 6.07) is 14.2. The van der Waals surface area contributed by atoms with Gasteiger partial charge in [0.2, 0.25) is 0 Å². The smallest absolute Gasteiger partial charge is 0.276 e. The van der Waals surface area contributed by atoms with Crippen molar-refractivity contribution in [1.82, 2.24) is 10.2 Å². The second-order valence-corrected chi connectivity index (χ2v) is 9.76. The second-order valence-electron chi connectivity index (χ2n) is 5.69. The molecule has 1 aromatic heterocycles. The first-order chi connectivity index (χ1) is 12.9. The summed E-state index contributed by atoms with van der Waals surface area (Å²) in [6.45, 7) is 2.14. The topological polar surface area (TPSA) is 82.3 Å². The summed E-state index contributed by atoms with van der Waals surface area (Å²) in [5, 5.41) is 8.16. The number of halogens is 1. The first-order valence-corrected chi connectivity index (χ1v) is 11.5. The van der Waals surface area contributed by atoms with E-state index in [-0.39, 0.29) is 12.4 Å². The van der Waals surface area contributed by atoms with Gasteiger partial charge in [0.1, 0.15) is 5.75 Å². The van der Waals surface area contributed by atoms with E-state index >= 15 is 0 Å². The van der Waals surface area contributed by atoms with Crippen molar-refractivity contribution >= 4 is 37.5 Å². The Labute approximate surface area is 170 Å². The zero-order chi connectivity index (χ0) is 19.3. The summed E-state index contributed by atoms with van der Waals surface area (Å²) >= 11 is 4.50. The summed E-state index contributed by atoms with van der Waals surface area (Å²) in [5.74, 6) is 1.37. The van der Waals surface area contributed by atoms with Crippen LogP contribution in [0.15, 0.2) is 67.5 Å². The number of nitrogens with zero attached hydrogens (tertiary/aromatic N) is 2. The van der Waals surface area contributed by atoms with Crippen LogP contribution in [0.1, 0.15) is 11.5 Å². The Morgan fingerprint density at radius 1 is 1.15 bits per heavy atom. The van der Waals surface area contributed by atoms with E-state index in [0.29, 0.717) is 21.8 Å². The number of ether oxygens (including phenoxy) is 1. The molecule has 0 aliphatic rings. The third-order valence-corrected chi connectivity index (χ3v) is 6.89. The van der Waals surface area contributed by atoms with Gasteiger partial charge in [-0.25, -0.2) is 8.42 Å². The lowest BCUT2D eigenvalue weighted by atomic mass is 10.2. The van der Waals surface area contributed by atoms with Crippen LogP contribution in [0.4, 0.5) is 0 Å². The van der Waals surface area contributed by atoms with Crippen molar-refractivity contribution in [3.8, 4) is 5.75 Å². The van der Waals surface area contributed by atoms with Crippen LogP contribution in [-0.4, -0.2) is 30.1 Å². The van der Waals surface area contributed by atoms with E-state index in [4.69, 9.17) is 9.15 Å². The summed E-state index contributed by atoms with van der Waals surface area (Å²) in [4.78, 5) is 0.295. The summed E-state index contributed by atoms with van der Waals surface area (Å²) in [7, 11) is -3.35. The van der Waals surface area contributed by atoms with E-state index in [0.717, 1.165) is 15.8 Å². The Kier molecular flexibility index (Phi) is 6.56. The Morgan fingerprint density at radius 2 is 1.93 bits per heavy atom. The molecule has 0 atom stereocenters. The molecule has 0 fully saturated rings. The third-order valence-electron chi connectivity index (χ3n) is 3.55. The largest absolute Gasteiger partial charge is 0.484 e. The highest BCUT2D eigenvalue weighted by atomic mass is 79.9. The van der Waals surface area contributed by atoms with Crippen LogP contribution in [-0.2, 0) is 16.4 Å². The summed E-state index contributed by atoms with van der Waals surface area (Å²) in [5.41, 5.74) is 1.10. The quantitative estimate of drug-likeness (QED) is 0.456. The lowest BCUT2D eigenvalue weighted by Gasteiger charge is -2.04. The van der Waals surface area contributed by atoms with Crippen molar-refractivity contribution < 1.29 is 17.6 Å². The van der Waals surface area contributed by atoms with Crippen LogP contribution in [0.2, 0.25) is 0 Å². The fourth-order valence-corrected chi connectivity index (χ4v) is 4.89. The molecule has 0 saturated heterocycles. The van der Waals surface area contributed by atoms with E-state index < -0.39 is 9.84 Å². The molecule has 0 amide bonds. The first kappa shape index (κ1) is 19.9. The summed E-state index contributed by atoms with van der Waals surface area (Å²) in [6.07, 6.45) is 0. The number of rotatable bonds is 8. The van der Waals surface area contributed by atoms with Crippen LogP contribution in [0.5, 0.6) is 5.75 Å². The van der Waals surface area contributed by atoms with Gasteiger partial charge in [0.25, 0.3) is 11.1 Å². The normalized spacial score (nSPS) is 11.5. The molecule has 6 nitrogen and oxygen atoms in total. The first-order valence-electron chi connectivity index (χ1n) is 8.05. The number of sulfone groups is 1. The minimum Gasteiger partial charge on any atom is -0.484 e. The fraction of sp³-hybridized carbons (Fsp3) is 0.222. The maximum Gasteiger partial charge on any atom is 0.276 e. The second kappa shape index (κ2) is 8.90. The van der Waals surface area contributed by atoms with Gasteiger partial charge in [0.05, 0.1) is 10.6 Å². The molecule has 0 aliphatic carbocycles. The van der Waals surface area contributed by atoms with Crippen LogP contribution in [0, 0.1) is 6.92 Å². The van der Waals surface area contributed by atoms with Gasteiger partial charge in [0, 0.05) is 10.2 Å². The molecule has 3 rings (SSSR count). The van der Waals surface area contributed by atoms with Gasteiger partial charge in [-0.2, -0.15) is 0 Å². The molecule has 142 valence electrons. The molecule has 0 bridgehead atoms. The molecule has 9 heteroatoms. The number of hydrogen-bond donors (Lipinski definition) is 0. The molecule has 1 heterocycles. The lowest BCUT2D eigenvalue weighted by molar-refractivity contribution is 0.252. The molecular formula is C18H17BrN2O4S2. The number of hydrogen-bond acceptors (Lipinski definition) is 7. The standard InChI is InChI=1S/C18H17BrN2O4S2/c1-13-3-2-4-15(11-13)24-12-17-20-21-18(25-17)26-9-10-27(22,23)16-7-5-14(19)6-8-16/h2-8,11H,9-10,12H2,1H3. The average molecular weight is 469 g/mol. The van der Waals surface area contributed by atoms with E-state index in [9.17, 15) is 8.42 Å². The highest BCUT2D eigenvalue weighted by molar-refractivity contribution is 9.10. The van der Waals surface area contributed by atoms with Crippen LogP contribution in [0.25, 0.3) is 0 Å². The Morgan fingerprint density at radius 3 is 2.67 bits per heavy atom. The lowest BCUT2D eigenvalue weighted by Crippen LogP contribution is -2.08. The van der Waals surface area contributed by atoms with Gasteiger partial charge in [0.15, 0.2) is 16.4 Å². The minimum atomic E-state index is -3.35. The number of aryl methyl sites for hydroxylation is 1. The maximum atomic E-state index is 12.3. The molecule has 0 N–H and O–H groups in total. The van der Waals surface area contributed by atoms with Gasteiger partial charge in [-0.05, 0) is 48.9 Å². The summed E-state index contributed by atoms with van der Waals surface area (Å²) < 4.78 is 36.5. The van der Waals surface area contributed by atoms with Crippen molar-refractivity contribution in [2.24, 2.45) is 0 Å². The molecule has 0 saturated carbocycles. The van der Waals surface area contributed by atoms with Gasteiger partial charge < -0.3 is 9.15 Å². The van der Waals surface area contributed by atoms with Gasteiger partial charge in [-0.1, -0.05) is 39.8 Å². The minimum absolute atomic E-state index is 0.0171. The Balaban J connectivity index is 1.50. The van der Waals surface area contributed by atoms with Crippen LogP contribution in [0.3, 0.4) is 0 Å². The zero-order valence-electron chi connectivity index (χ0n) is 14.5. The van der Waals surface area contributed by atoms with E-state index in [1.54, 1.807) is 24.3 Å². The molecule has 2 aromatic carbocycles. The Bertz CT molecular complexity index is 1000. The SMILES string of the molecule is Cc1cccc(OCc2nnc(SCCS(=O)(=O)c3ccc(Br)cc3)o2)c1. The number of aromatic nitrogens is 2. The highest BCUT2D eigenvalue weighted by Crippen LogP contribution is 2.21. The van der Waals surface area contributed by atoms with Crippen molar-refractivity contribution in [2.45, 2.75) is 23.6 Å². The van der Waals surface area contributed by atoms with Crippen molar-refractivity contribution in [2.75, 3.05) is 11.5 Å². The van der Waals surface area contributed by atoms with Crippen molar-refractivity contribution in [3.63, 3.8) is 0 Å². The maximum absolute atomic E-state index is 12.3. The molecule has 3 aromatic rings. The van der Waals surface area contributed by atoms with Crippen LogP contribution < -0.4 is 4.74 Å². The van der Waals surface area contributed by atoms with Crippen molar-refractivity contribution in [1.29, 1.82) is 0 Å². The Hall–Kier alpha value is -1.84. The molecule has 0 aliphatic heterocycles. The molecule has 0 radical (unpaired) electrons.